The number of amides is 2. The Kier molecular flexibility index (Phi) is 4.03. The van der Waals surface area contributed by atoms with Gasteiger partial charge in [-0.25, -0.2) is 4.79 Å². The Labute approximate surface area is 112 Å². The van der Waals surface area contributed by atoms with Crippen molar-refractivity contribution >= 4 is 17.4 Å². The number of urea groups is 1. The molecule has 0 aliphatic heterocycles. The highest BCUT2D eigenvalue weighted by atomic mass is 16.2. The van der Waals surface area contributed by atoms with Gasteiger partial charge in [-0.3, -0.25) is 0 Å². The Morgan fingerprint density at radius 3 is 2.58 bits per heavy atom. The molecule has 2 amide bonds. The highest BCUT2D eigenvalue weighted by molar-refractivity contribution is 5.89. The van der Waals surface area contributed by atoms with E-state index in [1.54, 1.807) is 24.3 Å². The first-order valence-corrected chi connectivity index (χ1v) is 6.09. The topological polar surface area (TPSA) is 67.2 Å². The van der Waals surface area contributed by atoms with Gasteiger partial charge in [0.05, 0.1) is 0 Å². The van der Waals surface area contributed by atoms with Crippen LogP contribution in [-0.4, -0.2) is 6.03 Å². The van der Waals surface area contributed by atoms with Crippen LogP contribution in [-0.2, 0) is 6.54 Å². The van der Waals surface area contributed by atoms with E-state index in [0.717, 1.165) is 11.3 Å². The summed E-state index contributed by atoms with van der Waals surface area (Å²) >= 11 is 0. The van der Waals surface area contributed by atoms with Gasteiger partial charge in [0.1, 0.15) is 0 Å². The second-order valence-corrected chi connectivity index (χ2v) is 4.42. The molecule has 0 radical (unpaired) electrons. The highest BCUT2D eigenvalue weighted by Crippen LogP contribution is 2.10. The number of hydrogen-bond acceptors (Lipinski definition) is 2. The van der Waals surface area contributed by atoms with Crippen molar-refractivity contribution in [3.05, 3.63) is 59.7 Å². The van der Waals surface area contributed by atoms with Gasteiger partial charge in [-0.2, -0.15) is 0 Å². The maximum absolute atomic E-state index is 11.7. The van der Waals surface area contributed by atoms with Gasteiger partial charge in [-0.05, 0) is 36.8 Å². The molecular formula is C15H17N3O. The fourth-order valence-electron chi connectivity index (χ4n) is 1.75. The van der Waals surface area contributed by atoms with Crippen molar-refractivity contribution in [1.29, 1.82) is 0 Å². The van der Waals surface area contributed by atoms with Crippen LogP contribution in [0.5, 0.6) is 0 Å². The fourth-order valence-corrected chi connectivity index (χ4v) is 1.75. The maximum atomic E-state index is 11.7. The summed E-state index contributed by atoms with van der Waals surface area (Å²) in [5, 5.41) is 5.56. The number of carbonyl (C=O) groups excluding carboxylic acids is 1. The molecule has 98 valence electrons. The molecular weight excluding hydrogens is 238 g/mol. The largest absolute Gasteiger partial charge is 0.399 e. The first-order chi connectivity index (χ1) is 9.13. The number of hydrogen-bond donors (Lipinski definition) is 3. The molecule has 19 heavy (non-hydrogen) atoms. The summed E-state index contributed by atoms with van der Waals surface area (Å²) < 4.78 is 0. The Hall–Kier alpha value is -2.49. The lowest BCUT2D eigenvalue weighted by Crippen LogP contribution is -2.28. The number of nitrogens with two attached hydrogens (primary N) is 1. The Bertz CT molecular complexity index is 564. The van der Waals surface area contributed by atoms with Crippen LogP contribution < -0.4 is 16.4 Å². The van der Waals surface area contributed by atoms with E-state index < -0.39 is 0 Å². The molecule has 2 aromatic carbocycles. The normalized spacial score (nSPS) is 9.95. The summed E-state index contributed by atoms with van der Waals surface area (Å²) in [5.41, 5.74) is 9.22. The van der Waals surface area contributed by atoms with Crippen molar-refractivity contribution in [3.63, 3.8) is 0 Å². The van der Waals surface area contributed by atoms with Gasteiger partial charge in [0.2, 0.25) is 0 Å². The second kappa shape index (κ2) is 5.91. The number of nitrogens with one attached hydrogen (secondary N) is 2. The molecule has 0 unspecified atom stereocenters. The molecule has 0 spiro atoms. The van der Waals surface area contributed by atoms with E-state index in [4.69, 9.17) is 5.73 Å². The summed E-state index contributed by atoms with van der Waals surface area (Å²) in [5.74, 6) is 0. The van der Waals surface area contributed by atoms with Gasteiger partial charge in [-0.15, -0.1) is 0 Å². The number of rotatable bonds is 3. The van der Waals surface area contributed by atoms with Gasteiger partial charge in [0.25, 0.3) is 0 Å². The molecule has 0 saturated carbocycles. The van der Waals surface area contributed by atoms with Crippen LogP contribution in [0.25, 0.3) is 0 Å². The van der Waals surface area contributed by atoms with E-state index in [1.165, 1.54) is 5.56 Å². The van der Waals surface area contributed by atoms with Crippen LogP contribution in [0.2, 0.25) is 0 Å². The minimum Gasteiger partial charge on any atom is -0.399 e. The highest BCUT2D eigenvalue weighted by Gasteiger charge is 2.01. The summed E-state index contributed by atoms with van der Waals surface area (Å²) in [6.07, 6.45) is 0. The average Bonchev–Trinajstić information content (AvgIpc) is 2.39. The van der Waals surface area contributed by atoms with E-state index in [0.29, 0.717) is 12.2 Å². The summed E-state index contributed by atoms with van der Waals surface area (Å²) in [6, 6.07) is 14.8. The standard InChI is InChI=1S/C15H17N3O/c1-11-3-2-4-12(9-11)10-17-15(19)18-14-7-5-13(16)6-8-14/h2-9H,10,16H2,1H3,(H2,17,18,19). The van der Waals surface area contributed by atoms with Crippen LogP contribution in [0, 0.1) is 6.92 Å². The first-order valence-electron chi connectivity index (χ1n) is 6.09. The molecule has 0 aliphatic carbocycles. The van der Waals surface area contributed by atoms with Crippen molar-refractivity contribution in [2.75, 3.05) is 11.1 Å². The lowest BCUT2D eigenvalue weighted by molar-refractivity contribution is 0.251. The first kappa shape index (κ1) is 13.0. The van der Waals surface area contributed by atoms with Gasteiger partial charge in [0.15, 0.2) is 0 Å². The van der Waals surface area contributed by atoms with E-state index in [2.05, 4.69) is 10.6 Å². The Morgan fingerprint density at radius 2 is 1.89 bits per heavy atom. The molecule has 0 aliphatic rings. The average molecular weight is 255 g/mol. The predicted octanol–water partition coefficient (Wildman–Crippen LogP) is 2.90. The number of anilines is 2. The number of carbonyl (C=O) groups is 1. The molecule has 4 nitrogen and oxygen atoms in total. The van der Waals surface area contributed by atoms with Crippen LogP contribution >= 0.6 is 0 Å². The number of aryl methyl sites for hydroxylation is 1. The third kappa shape index (κ3) is 4.03. The molecule has 0 saturated heterocycles. The van der Waals surface area contributed by atoms with Gasteiger partial charge in [0, 0.05) is 17.9 Å². The quantitative estimate of drug-likeness (QED) is 0.738. The third-order valence-corrected chi connectivity index (χ3v) is 2.70. The molecule has 0 bridgehead atoms. The van der Waals surface area contributed by atoms with Crippen molar-refractivity contribution in [3.8, 4) is 0 Å². The van der Waals surface area contributed by atoms with Crippen molar-refractivity contribution in [2.45, 2.75) is 13.5 Å². The summed E-state index contributed by atoms with van der Waals surface area (Å²) in [6.45, 7) is 2.53. The molecule has 0 heterocycles. The molecule has 0 fully saturated rings. The maximum Gasteiger partial charge on any atom is 0.319 e. The molecule has 4 heteroatoms. The fraction of sp³-hybridized carbons (Fsp3) is 0.133. The lowest BCUT2D eigenvalue weighted by Gasteiger charge is -2.08. The van der Waals surface area contributed by atoms with Gasteiger partial charge < -0.3 is 16.4 Å². The zero-order valence-corrected chi connectivity index (χ0v) is 10.8. The minimum absolute atomic E-state index is 0.230. The van der Waals surface area contributed by atoms with E-state index in [1.807, 2.05) is 31.2 Å². The van der Waals surface area contributed by atoms with Crippen molar-refractivity contribution < 1.29 is 4.79 Å². The summed E-state index contributed by atoms with van der Waals surface area (Å²) in [4.78, 5) is 11.7. The third-order valence-electron chi connectivity index (χ3n) is 2.70. The zero-order valence-electron chi connectivity index (χ0n) is 10.8. The Balaban J connectivity index is 1.86. The van der Waals surface area contributed by atoms with E-state index >= 15 is 0 Å². The van der Waals surface area contributed by atoms with E-state index in [9.17, 15) is 4.79 Å². The molecule has 4 N–H and O–H groups in total. The molecule has 2 aromatic rings. The predicted molar refractivity (Wildman–Crippen MR) is 77.9 cm³/mol. The lowest BCUT2D eigenvalue weighted by atomic mass is 10.1. The summed E-state index contributed by atoms with van der Waals surface area (Å²) in [7, 11) is 0. The smallest absolute Gasteiger partial charge is 0.319 e. The van der Waals surface area contributed by atoms with Gasteiger partial charge >= 0.3 is 6.03 Å². The van der Waals surface area contributed by atoms with Crippen molar-refractivity contribution in [1.82, 2.24) is 5.32 Å². The molecule has 2 rings (SSSR count). The number of nitrogen functional groups attached to an aromatic ring is 1. The molecule has 0 atom stereocenters. The minimum atomic E-state index is -0.230. The zero-order chi connectivity index (χ0) is 13.7. The van der Waals surface area contributed by atoms with Gasteiger partial charge in [-0.1, -0.05) is 29.8 Å². The SMILES string of the molecule is Cc1cccc(CNC(=O)Nc2ccc(N)cc2)c1. The monoisotopic (exact) mass is 255 g/mol. The van der Waals surface area contributed by atoms with E-state index in [-0.39, 0.29) is 6.03 Å². The number of benzene rings is 2. The second-order valence-electron chi connectivity index (χ2n) is 4.42. The molecule has 0 aromatic heterocycles. The Morgan fingerprint density at radius 1 is 1.16 bits per heavy atom. The van der Waals surface area contributed by atoms with Crippen LogP contribution in [0.1, 0.15) is 11.1 Å². The van der Waals surface area contributed by atoms with Crippen LogP contribution in [0.3, 0.4) is 0 Å². The van der Waals surface area contributed by atoms with Crippen molar-refractivity contribution in [2.24, 2.45) is 0 Å². The van der Waals surface area contributed by atoms with Crippen LogP contribution in [0.15, 0.2) is 48.5 Å². The van der Waals surface area contributed by atoms with Crippen LogP contribution in [0.4, 0.5) is 16.2 Å².